The highest BCUT2D eigenvalue weighted by atomic mass is 19.3. The van der Waals surface area contributed by atoms with Crippen LogP contribution in [0.25, 0.3) is 0 Å². The van der Waals surface area contributed by atoms with Gasteiger partial charge in [0.2, 0.25) is 5.91 Å². The molecule has 2 atom stereocenters. The van der Waals surface area contributed by atoms with Gasteiger partial charge < -0.3 is 10.0 Å². The maximum Gasteiger partial charge on any atom is 0.254 e. The monoisotopic (exact) mass is 221 g/mol. The molecule has 15 heavy (non-hydrogen) atoms. The maximum atomic E-state index is 12.6. The average molecular weight is 221 g/mol. The Morgan fingerprint density at radius 2 is 2.20 bits per heavy atom. The number of amides is 1. The Bertz CT molecular complexity index is 240. The average Bonchev–Trinajstić information content (AvgIpc) is 2.06. The summed E-state index contributed by atoms with van der Waals surface area (Å²) in [7, 11) is 0. The van der Waals surface area contributed by atoms with Crippen LogP contribution in [0.2, 0.25) is 0 Å². The van der Waals surface area contributed by atoms with Crippen LogP contribution in [0.15, 0.2) is 0 Å². The molecule has 3 nitrogen and oxygen atoms in total. The smallest absolute Gasteiger partial charge is 0.254 e. The summed E-state index contributed by atoms with van der Waals surface area (Å²) in [6.07, 6.45) is -0.0578. The van der Waals surface area contributed by atoms with Crippen LogP contribution in [0.3, 0.4) is 0 Å². The van der Waals surface area contributed by atoms with Crippen LogP contribution in [0.5, 0.6) is 0 Å². The number of aliphatic hydroxyl groups is 1. The van der Waals surface area contributed by atoms with Gasteiger partial charge in [0.05, 0.1) is 18.6 Å². The Morgan fingerprint density at radius 1 is 1.60 bits per heavy atom. The predicted octanol–water partition coefficient (Wildman–Crippen LogP) is 1.40. The molecule has 0 aromatic carbocycles. The number of alkyl halides is 2. The lowest BCUT2D eigenvalue weighted by Crippen LogP contribution is -2.50. The van der Waals surface area contributed by atoms with E-state index in [-0.39, 0.29) is 6.04 Å². The standard InChI is InChI=1S/C10H17F2NO2/c1-7-8(14)4-3-5-13(7)9(15)6-10(2,11)12/h7-8,14H,3-6H2,1-2H3. The summed E-state index contributed by atoms with van der Waals surface area (Å²) in [5, 5.41) is 9.51. The molecule has 5 heteroatoms. The van der Waals surface area contributed by atoms with Gasteiger partial charge in [0.25, 0.3) is 5.92 Å². The molecule has 1 saturated heterocycles. The fourth-order valence-electron chi connectivity index (χ4n) is 1.84. The van der Waals surface area contributed by atoms with E-state index in [4.69, 9.17) is 0 Å². The minimum atomic E-state index is -2.97. The summed E-state index contributed by atoms with van der Waals surface area (Å²) < 4.78 is 25.3. The minimum Gasteiger partial charge on any atom is -0.391 e. The normalized spacial score (nSPS) is 27.9. The molecule has 0 spiro atoms. The summed E-state index contributed by atoms with van der Waals surface area (Å²) in [5.74, 6) is -3.55. The fourth-order valence-corrected chi connectivity index (χ4v) is 1.84. The Hall–Kier alpha value is -0.710. The molecular formula is C10H17F2NO2. The van der Waals surface area contributed by atoms with Gasteiger partial charge in [-0.15, -0.1) is 0 Å². The van der Waals surface area contributed by atoms with E-state index in [1.807, 2.05) is 0 Å². The molecule has 0 radical (unpaired) electrons. The molecule has 1 aliphatic heterocycles. The Labute approximate surface area is 88.1 Å². The van der Waals surface area contributed by atoms with Gasteiger partial charge in [0.15, 0.2) is 0 Å². The third-order valence-corrected chi connectivity index (χ3v) is 2.73. The number of hydrogen-bond acceptors (Lipinski definition) is 2. The molecule has 2 unspecified atom stereocenters. The van der Waals surface area contributed by atoms with Gasteiger partial charge in [-0.2, -0.15) is 0 Å². The molecule has 1 aliphatic rings. The molecule has 1 N–H and O–H groups in total. The van der Waals surface area contributed by atoms with Gasteiger partial charge in [-0.05, 0) is 26.7 Å². The zero-order chi connectivity index (χ0) is 11.6. The van der Waals surface area contributed by atoms with Crippen molar-refractivity contribution >= 4 is 5.91 Å². The number of rotatable bonds is 2. The lowest BCUT2D eigenvalue weighted by atomic mass is 9.99. The highest BCUT2D eigenvalue weighted by molar-refractivity contribution is 5.77. The second kappa shape index (κ2) is 4.43. The number of carbonyl (C=O) groups is 1. The lowest BCUT2D eigenvalue weighted by Gasteiger charge is -2.37. The molecule has 1 amide bonds. The summed E-state index contributed by atoms with van der Waals surface area (Å²) in [6, 6.07) is -0.353. The maximum absolute atomic E-state index is 12.6. The first-order valence-electron chi connectivity index (χ1n) is 5.16. The molecule has 88 valence electrons. The zero-order valence-electron chi connectivity index (χ0n) is 9.04. The van der Waals surface area contributed by atoms with Crippen molar-refractivity contribution < 1.29 is 18.7 Å². The van der Waals surface area contributed by atoms with Crippen LogP contribution >= 0.6 is 0 Å². The van der Waals surface area contributed by atoms with Crippen molar-refractivity contribution in [1.82, 2.24) is 4.90 Å². The Morgan fingerprint density at radius 3 is 2.73 bits per heavy atom. The minimum absolute atomic E-state index is 0.353. The summed E-state index contributed by atoms with van der Waals surface area (Å²) in [5.41, 5.74) is 0. The van der Waals surface area contributed by atoms with Crippen LogP contribution < -0.4 is 0 Å². The topological polar surface area (TPSA) is 40.5 Å². The molecule has 1 rings (SSSR count). The van der Waals surface area contributed by atoms with E-state index in [0.29, 0.717) is 19.4 Å². The molecule has 0 aliphatic carbocycles. The molecule has 0 aromatic heterocycles. The van der Waals surface area contributed by atoms with Gasteiger partial charge in [0, 0.05) is 6.54 Å². The number of carbonyl (C=O) groups excluding carboxylic acids is 1. The Balaban J connectivity index is 2.59. The van der Waals surface area contributed by atoms with Crippen LogP contribution in [-0.4, -0.2) is 40.5 Å². The summed E-state index contributed by atoms with van der Waals surface area (Å²) >= 11 is 0. The zero-order valence-corrected chi connectivity index (χ0v) is 9.04. The highest BCUT2D eigenvalue weighted by Crippen LogP contribution is 2.23. The first-order chi connectivity index (χ1) is 6.81. The van der Waals surface area contributed by atoms with Crippen LogP contribution in [-0.2, 0) is 4.79 Å². The van der Waals surface area contributed by atoms with E-state index in [1.165, 1.54) is 4.90 Å². The first kappa shape index (κ1) is 12.4. The largest absolute Gasteiger partial charge is 0.391 e. The number of likely N-dealkylation sites (tertiary alicyclic amines) is 1. The second-order valence-electron chi connectivity index (χ2n) is 4.28. The lowest BCUT2D eigenvalue weighted by molar-refractivity contribution is -0.144. The summed E-state index contributed by atoms with van der Waals surface area (Å²) in [4.78, 5) is 12.9. The van der Waals surface area contributed by atoms with Crippen molar-refractivity contribution in [1.29, 1.82) is 0 Å². The van der Waals surface area contributed by atoms with Crippen molar-refractivity contribution in [3.63, 3.8) is 0 Å². The third-order valence-electron chi connectivity index (χ3n) is 2.73. The van der Waals surface area contributed by atoms with Crippen molar-refractivity contribution in [2.45, 2.75) is 51.2 Å². The van der Waals surface area contributed by atoms with Crippen LogP contribution in [0.4, 0.5) is 8.78 Å². The SMILES string of the molecule is CC1C(O)CCCN1C(=O)CC(C)(F)F. The number of hydrogen-bond donors (Lipinski definition) is 1. The van der Waals surface area contributed by atoms with E-state index in [2.05, 4.69) is 0 Å². The number of piperidine rings is 1. The van der Waals surface area contributed by atoms with Crippen LogP contribution in [0, 0.1) is 0 Å². The Kier molecular flexibility index (Phi) is 3.65. The fraction of sp³-hybridized carbons (Fsp3) is 0.900. The number of aliphatic hydroxyl groups excluding tert-OH is 1. The van der Waals surface area contributed by atoms with Crippen molar-refractivity contribution in [2.24, 2.45) is 0 Å². The quantitative estimate of drug-likeness (QED) is 0.765. The number of halogens is 2. The molecule has 1 fully saturated rings. The number of nitrogens with zero attached hydrogens (tertiary/aromatic N) is 1. The van der Waals surface area contributed by atoms with Crippen molar-refractivity contribution in [3.8, 4) is 0 Å². The van der Waals surface area contributed by atoms with E-state index in [9.17, 15) is 18.7 Å². The van der Waals surface area contributed by atoms with Gasteiger partial charge in [-0.1, -0.05) is 0 Å². The van der Waals surface area contributed by atoms with Gasteiger partial charge >= 0.3 is 0 Å². The van der Waals surface area contributed by atoms with Gasteiger partial charge in [-0.3, -0.25) is 4.79 Å². The predicted molar refractivity (Wildman–Crippen MR) is 51.7 cm³/mol. The third kappa shape index (κ3) is 3.41. The first-order valence-corrected chi connectivity index (χ1v) is 5.16. The van der Waals surface area contributed by atoms with Crippen molar-refractivity contribution in [2.75, 3.05) is 6.54 Å². The van der Waals surface area contributed by atoms with Crippen molar-refractivity contribution in [3.05, 3.63) is 0 Å². The summed E-state index contributed by atoms with van der Waals surface area (Å²) in [6.45, 7) is 2.89. The van der Waals surface area contributed by atoms with E-state index in [1.54, 1.807) is 6.92 Å². The van der Waals surface area contributed by atoms with Gasteiger partial charge in [0.1, 0.15) is 0 Å². The van der Waals surface area contributed by atoms with Gasteiger partial charge in [-0.25, -0.2) is 8.78 Å². The second-order valence-corrected chi connectivity index (χ2v) is 4.28. The van der Waals surface area contributed by atoms with E-state index in [0.717, 1.165) is 6.92 Å². The highest BCUT2D eigenvalue weighted by Gasteiger charge is 2.34. The van der Waals surface area contributed by atoms with E-state index >= 15 is 0 Å². The molecule has 1 heterocycles. The molecular weight excluding hydrogens is 204 g/mol. The molecule has 0 saturated carbocycles. The van der Waals surface area contributed by atoms with E-state index < -0.39 is 24.4 Å². The van der Waals surface area contributed by atoms with Crippen LogP contribution in [0.1, 0.15) is 33.1 Å². The molecule has 0 bridgehead atoms. The molecule has 0 aromatic rings.